The first-order chi connectivity index (χ1) is 15.8. The number of anilines is 1. The van der Waals surface area contributed by atoms with E-state index in [0.717, 1.165) is 12.1 Å². The van der Waals surface area contributed by atoms with Crippen molar-refractivity contribution in [1.29, 1.82) is 0 Å². The van der Waals surface area contributed by atoms with E-state index in [4.69, 9.17) is 10.5 Å². The van der Waals surface area contributed by atoms with Gasteiger partial charge >= 0.3 is 12.4 Å². The van der Waals surface area contributed by atoms with E-state index < -0.39 is 50.5 Å². The van der Waals surface area contributed by atoms with Crippen LogP contribution in [0.15, 0.2) is 70.6 Å². The molecular formula is C22H13F6N2O3S. The Kier molecular flexibility index (Phi) is 5.51. The number of alkyl halides is 6. The van der Waals surface area contributed by atoms with Gasteiger partial charge in [0, 0.05) is 23.2 Å². The van der Waals surface area contributed by atoms with Gasteiger partial charge in [-0.1, -0.05) is 18.2 Å². The zero-order valence-electron chi connectivity index (χ0n) is 16.8. The molecule has 3 N–H and O–H groups in total. The lowest BCUT2D eigenvalue weighted by atomic mass is 10.1. The van der Waals surface area contributed by atoms with Crippen molar-refractivity contribution >= 4 is 26.4 Å². The van der Waals surface area contributed by atoms with Crippen LogP contribution in [0.2, 0.25) is 0 Å². The van der Waals surface area contributed by atoms with E-state index in [0.29, 0.717) is 0 Å². The van der Waals surface area contributed by atoms with E-state index in [1.54, 1.807) is 12.1 Å². The fraction of sp³-hybridized carbons (Fsp3) is 0.0909. The monoisotopic (exact) mass is 499 g/mol. The van der Waals surface area contributed by atoms with E-state index in [2.05, 4.69) is 4.98 Å². The number of H-pyrrole nitrogens is 1. The second-order valence-electron chi connectivity index (χ2n) is 7.09. The van der Waals surface area contributed by atoms with E-state index in [1.807, 2.05) is 0 Å². The average Bonchev–Trinajstić information content (AvgIpc) is 3.17. The third-order valence-electron chi connectivity index (χ3n) is 4.88. The molecule has 0 aliphatic carbocycles. The molecule has 12 heteroatoms. The number of ether oxygens (including phenoxy) is 1. The molecule has 1 aromatic heterocycles. The standard InChI is InChI=1S/C22H13F6N2O3S/c23-21(24,25)15-7-8-16(29)19(22(26,27)28)20(15)33-12-6-9-17-14(10-12)18(11-30-17)34(31,32)13-4-2-1-3-5-13/h1-7,9-11,30H,29H2. The Morgan fingerprint density at radius 3 is 2.24 bits per heavy atom. The summed E-state index contributed by atoms with van der Waals surface area (Å²) < 4.78 is 112. The lowest BCUT2D eigenvalue weighted by Crippen LogP contribution is -2.16. The van der Waals surface area contributed by atoms with Gasteiger partial charge in [0.05, 0.1) is 21.0 Å². The Bertz CT molecular complexity index is 1480. The highest BCUT2D eigenvalue weighted by Gasteiger charge is 2.44. The number of fused-ring (bicyclic) bond motifs is 1. The van der Waals surface area contributed by atoms with Gasteiger partial charge in [0.1, 0.15) is 11.3 Å². The fourth-order valence-electron chi connectivity index (χ4n) is 3.35. The topological polar surface area (TPSA) is 85.2 Å². The first kappa shape index (κ1) is 23.5. The highest BCUT2D eigenvalue weighted by molar-refractivity contribution is 7.91. The minimum absolute atomic E-state index is 0.0129. The summed E-state index contributed by atoms with van der Waals surface area (Å²) in [6, 6.07) is 12.7. The number of nitrogens with one attached hydrogen (secondary N) is 1. The number of halogens is 6. The SMILES string of the molecule is Nc1[c]cc(C(F)(F)F)c(Oc2ccc3[nH]cc(S(=O)(=O)c4ccccc4)c3c2)c1C(F)(F)F. The first-order valence-electron chi connectivity index (χ1n) is 9.38. The molecule has 0 fully saturated rings. The third-order valence-corrected chi connectivity index (χ3v) is 6.69. The molecule has 1 heterocycles. The van der Waals surface area contributed by atoms with Crippen molar-refractivity contribution in [3.05, 3.63) is 78.0 Å². The molecule has 5 nitrogen and oxygen atoms in total. The van der Waals surface area contributed by atoms with Crippen LogP contribution < -0.4 is 10.5 Å². The second kappa shape index (κ2) is 7.97. The first-order valence-corrected chi connectivity index (χ1v) is 10.9. The van der Waals surface area contributed by atoms with Gasteiger partial charge in [-0.05, 0) is 36.4 Å². The Morgan fingerprint density at radius 1 is 0.941 bits per heavy atom. The summed E-state index contributed by atoms with van der Waals surface area (Å²) in [5, 5.41) is 0.0129. The summed E-state index contributed by atoms with van der Waals surface area (Å²) in [4.78, 5) is 2.44. The summed E-state index contributed by atoms with van der Waals surface area (Å²) in [7, 11) is -4.05. The zero-order chi connectivity index (χ0) is 24.9. The predicted octanol–water partition coefficient (Wildman–Crippen LogP) is 6.21. The molecule has 0 amide bonds. The number of aromatic amines is 1. The van der Waals surface area contributed by atoms with Crippen LogP contribution in [-0.2, 0) is 22.2 Å². The average molecular weight is 499 g/mol. The van der Waals surface area contributed by atoms with Gasteiger partial charge in [0.15, 0.2) is 5.75 Å². The van der Waals surface area contributed by atoms with Crippen molar-refractivity contribution in [2.75, 3.05) is 5.73 Å². The Morgan fingerprint density at radius 2 is 1.62 bits per heavy atom. The lowest BCUT2D eigenvalue weighted by Gasteiger charge is -2.20. The van der Waals surface area contributed by atoms with E-state index in [-0.39, 0.29) is 26.8 Å². The zero-order valence-corrected chi connectivity index (χ0v) is 17.6. The van der Waals surface area contributed by atoms with Gasteiger partial charge in [-0.15, -0.1) is 0 Å². The van der Waals surface area contributed by atoms with E-state index in [9.17, 15) is 34.8 Å². The quantitative estimate of drug-likeness (QED) is 0.258. The Balaban J connectivity index is 1.88. The highest BCUT2D eigenvalue weighted by Crippen LogP contribution is 2.48. The molecule has 0 atom stereocenters. The van der Waals surface area contributed by atoms with E-state index >= 15 is 0 Å². The van der Waals surface area contributed by atoms with Gasteiger partial charge in [0.2, 0.25) is 9.84 Å². The van der Waals surface area contributed by atoms with Crippen molar-refractivity contribution in [3.8, 4) is 11.5 Å². The summed E-state index contributed by atoms with van der Waals surface area (Å²) >= 11 is 0. The van der Waals surface area contributed by atoms with Crippen LogP contribution in [0.4, 0.5) is 32.0 Å². The predicted molar refractivity (Wildman–Crippen MR) is 110 cm³/mol. The molecule has 0 aliphatic rings. The van der Waals surface area contributed by atoms with Crippen LogP contribution in [0.25, 0.3) is 10.9 Å². The minimum Gasteiger partial charge on any atom is -0.456 e. The van der Waals surface area contributed by atoms with Gasteiger partial charge in [-0.3, -0.25) is 0 Å². The van der Waals surface area contributed by atoms with Crippen molar-refractivity contribution in [2.45, 2.75) is 22.1 Å². The molecule has 0 unspecified atom stereocenters. The molecule has 0 saturated heterocycles. The van der Waals surface area contributed by atoms with Crippen LogP contribution in [0.1, 0.15) is 11.1 Å². The van der Waals surface area contributed by atoms with Crippen LogP contribution in [0, 0.1) is 6.07 Å². The number of nitrogen functional groups attached to an aromatic ring is 1. The Hall–Kier alpha value is -3.67. The van der Waals surface area contributed by atoms with Gasteiger partial charge in [0.25, 0.3) is 0 Å². The maximum Gasteiger partial charge on any atom is 0.422 e. The van der Waals surface area contributed by atoms with Crippen molar-refractivity contribution in [2.24, 2.45) is 0 Å². The molecule has 0 saturated carbocycles. The summed E-state index contributed by atoms with van der Waals surface area (Å²) in [6.07, 6.45) is -9.31. The third kappa shape index (κ3) is 4.16. The number of hydrogen-bond donors (Lipinski definition) is 2. The van der Waals surface area contributed by atoms with Crippen molar-refractivity contribution < 1.29 is 39.5 Å². The summed E-state index contributed by atoms with van der Waals surface area (Å²) in [6.45, 7) is 0. The van der Waals surface area contributed by atoms with Crippen LogP contribution >= 0.6 is 0 Å². The molecule has 1 radical (unpaired) electrons. The maximum absolute atomic E-state index is 13.6. The second-order valence-corrected chi connectivity index (χ2v) is 9.01. The van der Waals surface area contributed by atoms with E-state index in [1.165, 1.54) is 36.5 Å². The molecule has 3 aromatic carbocycles. The minimum atomic E-state index is -5.28. The maximum atomic E-state index is 13.6. The number of aromatic nitrogens is 1. The molecule has 4 aromatic rings. The summed E-state index contributed by atoms with van der Waals surface area (Å²) in [5.41, 5.74) is 0.906. The number of benzene rings is 3. The molecular weight excluding hydrogens is 486 g/mol. The molecule has 0 bridgehead atoms. The number of hydrogen-bond acceptors (Lipinski definition) is 4. The lowest BCUT2D eigenvalue weighted by molar-refractivity contribution is -0.144. The van der Waals surface area contributed by atoms with Gasteiger partial charge < -0.3 is 15.5 Å². The molecule has 4 rings (SSSR count). The smallest absolute Gasteiger partial charge is 0.422 e. The number of nitrogens with two attached hydrogens (primary N) is 1. The largest absolute Gasteiger partial charge is 0.456 e. The fourth-order valence-corrected chi connectivity index (χ4v) is 4.79. The van der Waals surface area contributed by atoms with Gasteiger partial charge in [-0.25, -0.2) is 8.42 Å². The van der Waals surface area contributed by atoms with Gasteiger partial charge in [-0.2, -0.15) is 26.3 Å². The van der Waals surface area contributed by atoms with Crippen LogP contribution in [0.3, 0.4) is 0 Å². The van der Waals surface area contributed by atoms with Crippen LogP contribution in [0.5, 0.6) is 11.5 Å². The molecule has 177 valence electrons. The number of sulfone groups is 1. The van der Waals surface area contributed by atoms with Crippen molar-refractivity contribution in [3.63, 3.8) is 0 Å². The summed E-state index contributed by atoms with van der Waals surface area (Å²) in [5.74, 6) is -2.02. The molecule has 34 heavy (non-hydrogen) atoms. The Labute approximate surface area is 188 Å². The molecule has 0 aliphatic heterocycles. The molecule has 0 spiro atoms. The van der Waals surface area contributed by atoms with Crippen molar-refractivity contribution in [1.82, 2.24) is 4.98 Å². The highest BCUT2D eigenvalue weighted by atomic mass is 32.2. The number of rotatable bonds is 4. The normalized spacial score (nSPS) is 12.8. The van der Waals surface area contributed by atoms with Crippen LogP contribution in [-0.4, -0.2) is 13.4 Å².